The fourth-order valence-corrected chi connectivity index (χ4v) is 1.64. The second kappa shape index (κ2) is 5.05. The molecule has 6 heteroatoms. The quantitative estimate of drug-likeness (QED) is 0.446. The summed E-state index contributed by atoms with van der Waals surface area (Å²) in [5.74, 6) is 0. The summed E-state index contributed by atoms with van der Waals surface area (Å²) < 4.78 is 21.3. The van der Waals surface area contributed by atoms with E-state index in [4.69, 9.17) is 0 Å². The Bertz CT molecular complexity index is 567. The number of H-pyrrole nitrogens is 1. The van der Waals surface area contributed by atoms with Gasteiger partial charge in [0, 0.05) is 16.5 Å². The molecule has 4 nitrogen and oxygen atoms in total. The van der Waals surface area contributed by atoms with Crippen LogP contribution in [0.15, 0.2) is 40.0 Å². The zero-order valence-corrected chi connectivity index (χ0v) is 10.8. The minimum atomic E-state index is -2.23. The SMILES string of the molecule is O=c1ccc2cc(S(=O)[O-])ccc2[nH]1.[Na+]. The summed E-state index contributed by atoms with van der Waals surface area (Å²) in [5.41, 5.74) is 0.431. The number of rotatable bonds is 1. The van der Waals surface area contributed by atoms with Crippen molar-refractivity contribution in [3.05, 3.63) is 40.7 Å². The van der Waals surface area contributed by atoms with Gasteiger partial charge in [-0.15, -0.1) is 0 Å². The van der Waals surface area contributed by atoms with E-state index in [9.17, 15) is 13.6 Å². The number of pyridine rings is 1. The molecule has 0 aliphatic carbocycles. The smallest absolute Gasteiger partial charge is 0.768 e. The summed E-state index contributed by atoms with van der Waals surface area (Å²) in [6, 6.07) is 7.47. The first-order valence-electron chi connectivity index (χ1n) is 3.89. The molecule has 0 radical (unpaired) electrons. The third kappa shape index (κ3) is 2.76. The Balaban J connectivity index is 0.00000112. The molecule has 0 aliphatic heterocycles. The maximum absolute atomic E-state index is 10.9. The third-order valence-electron chi connectivity index (χ3n) is 1.89. The molecule has 1 atom stereocenters. The van der Waals surface area contributed by atoms with E-state index < -0.39 is 11.1 Å². The molecule has 15 heavy (non-hydrogen) atoms. The predicted molar refractivity (Wildman–Crippen MR) is 51.8 cm³/mol. The molecule has 2 rings (SSSR count). The molecule has 1 aromatic carbocycles. The summed E-state index contributed by atoms with van der Waals surface area (Å²) in [4.78, 5) is 13.7. The Hall–Kier alpha value is -0.460. The summed E-state index contributed by atoms with van der Waals surface area (Å²) in [6.45, 7) is 0. The molecule has 1 unspecified atom stereocenters. The van der Waals surface area contributed by atoms with Crippen LogP contribution in [0.5, 0.6) is 0 Å². The van der Waals surface area contributed by atoms with Crippen molar-refractivity contribution in [1.29, 1.82) is 0 Å². The molecule has 0 aliphatic rings. The fraction of sp³-hybridized carbons (Fsp3) is 0. The van der Waals surface area contributed by atoms with Gasteiger partial charge in [-0.1, -0.05) is 0 Å². The normalized spacial score (nSPS) is 12.1. The number of nitrogens with one attached hydrogen (secondary N) is 1. The molecule has 1 heterocycles. The second-order valence-electron chi connectivity index (χ2n) is 2.81. The number of hydrogen-bond donors (Lipinski definition) is 1. The standard InChI is InChI=1S/C9H7NO3S.Na/c11-9-4-1-6-5-7(14(12)13)2-3-8(6)10-9;/h1-5H,(H,10,11)(H,12,13);/q;+1/p-1. The van der Waals surface area contributed by atoms with Crippen LogP contribution in [0.25, 0.3) is 10.9 Å². The van der Waals surface area contributed by atoms with E-state index in [1.54, 1.807) is 12.1 Å². The van der Waals surface area contributed by atoms with Crippen molar-refractivity contribution in [1.82, 2.24) is 4.98 Å². The van der Waals surface area contributed by atoms with E-state index in [1.807, 2.05) is 0 Å². The van der Waals surface area contributed by atoms with Crippen LogP contribution in [0.2, 0.25) is 0 Å². The molecule has 0 bridgehead atoms. The van der Waals surface area contributed by atoms with Gasteiger partial charge in [-0.3, -0.25) is 9.00 Å². The molecule has 1 aromatic heterocycles. The molecule has 0 amide bonds. The van der Waals surface area contributed by atoms with Crippen LogP contribution in [0.3, 0.4) is 0 Å². The Morgan fingerprint density at radius 2 is 1.93 bits per heavy atom. The second-order valence-corrected chi connectivity index (χ2v) is 3.75. The van der Waals surface area contributed by atoms with Crippen molar-refractivity contribution in [2.24, 2.45) is 0 Å². The first kappa shape index (κ1) is 12.6. The van der Waals surface area contributed by atoms with Gasteiger partial charge in [0.25, 0.3) is 0 Å². The van der Waals surface area contributed by atoms with Gasteiger partial charge >= 0.3 is 29.6 Å². The first-order chi connectivity index (χ1) is 6.66. The zero-order valence-electron chi connectivity index (χ0n) is 8.02. The summed E-state index contributed by atoms with van der Waals surface area (Å²) in [7, 11) is 0. The van der Waals surface area contributed by atoms with Crippen LogP contribution in [0.4, 0.5) is 0 Å². The van der Waals surface area contributed by atoms with E-state index in [1.165, 1.54) is 18.2 Å². The van der Waals surface area contributed by atoms with Crippen LogP contribution >= 0.6 is 0 Å². The van der Waals surface area contributed by atoms with Crippen LogP contribution < -0.4 is 35.1 Å². The number of benzene rings is 1. The van der Waals surface area contributed by atoms with Gasteiger partial charge in [0.1, 0.15) is 0 Å². The summed E-state index contributed by atoms with van der Waals surface area (Å²) in [5, 5.41) is 0.700. The molecule has 1 N–H and O–H groups in total. The molecule has 2 aromatic rings. The Morgan fingerprint density at radius 3 is 2.60 bits per heavy atom. The van der Waals surface area contributed by atoms with Crippen molar-refractivity contribution >= 4 is 22.0 Å². The van der Waals surface area contributed by atoms with Crippen LogP contribution in [-0.4, -0.2) is 13.7 Å². The van der Waals surface area contributed by atoms with Crippen molar-refractivity contribution in [2.75, 3.05) is 0 Å². The Morgan fingerprint density at radius 1 is 1.20 bits per heavy atom. The van der Waals surface area contributed by atoms with Crippen molar-refractivity contribution in [3.8, 4) is 0 Å². The van der Waals surface area contributed by atoms with Crippen molar-refractivity contribution in [2.45, 2.75) is 4.90 Å². The average molecular weight is 231 g/mol. The van der Waals surface area contributed by atoms with Crippen molar-refractivity contribution in [3.63, 3.8) is 0 Å². The number of hydrogen-bond acceptors (Lipinski definition) is 3. The molecule has 72 valence electrons. The predicted octanol–water partition coefficient (Wildman–Crippen LogP) is -2.23. The van der Waals surface area contributed by atoms with E-state index in [0.29, 0.717) is 10.9 Å². The first-order valence-corrected chi connectivity index (χ1v) is 4.97. The monoisotopic (exact) mass is 231 g/mol. The summed E-state index contributed by atoms with van der Waals surface area (Å²) in [6.07, 6.45) is 0. The van der Waals surface area contributed by atoms with Gasteiger partial charge in [-0.05, 0) is 40.7 Å². The molecule has 0 saturated carbocycles. The Labute approximate surface area is 110 Å². The largest absolute Gasteiger partial charge is 1.00 e. The molecular weight excluding hydrogens is 225 g/mol. The zero-order chi connectivity index (χ0) is 10.1. The van der Waals surface area contributed by atoms with Gasteiger partial charge in [0.05, 0.1) is 0 Å². The topological polar surface area (TPSA) is 73.0 Å². The van der Waals surface area contributed by atoms with Crippen LogP contribution in [0, 0.1) is 0 Å². The maximum atomic E-state index is 10.9. The third-order valence-corrected chi connectivity index (χ3v) is 2.53. The summed E-state index contributed by atoms with van der Waals surface area (Å²) >= 11 is -2.23. The van der Waals surface area contributed by atoms with Gasteiger partial charge in [-0.2, -0.15) is 0 Å². The minimum absolute atomic E-state index is 0. The number of aromatic nitrogens is 1. The van der Waals surface area contributed by atoms with Gasteiger partial charge in [0.2, 0.25) is 5.56 Å². The van der Waals surface area contributed by atoms with E-state index >= 15 is 0 Å². The van der Waals surface area contributed by atoms with Crippen LogP contribution in [0.1, 0.15) is 0 Å². The van der Waals surface area contributed by atoms with Gasteiger partial charge < -0.3 is 9.54 Å². The number of aromatic amines is 1. The molecule has 0 saturated heterocycles. The minimum Gasteiger partial charge on any atom is -0.768 e. The van der Waals surface area contributed by atoms with Gasteiger partial charge in [0.15, 0.2) is 0 Å². The van der Waals surface area contributed by atoms with E-state index in [2.05, 4.69) is 4.98 Å². The molecule has 0 fully saturated rings. The van der Waals surface area contributed by atoms with Crippen LogP contribution in [-0.2, 0) is 11.1 Å². The van der Waals surface area contributed by atoms with E-state index in [-0.39, 0.29) is 40.0 Å². The van der Waals surface area contributed by atoms with Gasteiger partial charge in [-0.25, -0.2) is 0 Å². The number of fused-ring (bicyclic) bond motifs is 1. The Kier molecular flexibility index (Phi) is 4.24. The van der Waals surface area contributed by atoms with Crippen molar-refractivity contribution < 1.29 is 38.3 Å². The fourth-order valence-electron chi connectivity index (χ4n) is 1.24. The van der Waals surface area contributed by atoms with E-state index in [0.717, 1.165) is 0 Å². The average Bonchev–Trinajstić information content (AvgIpc) is 2.16. The maximum Gasteiger partial charge on any atom is 1.00 e. The molecular formula is C9H6NNaO3S. The molecule has 0 spiro atoms.